The molecule has 31 heavy (non-hydrogen) atoms. The minimum Gasteiger partial charge on any atom is -0.384 e. The standard InChI is InChI=1S/C21H36O.C5H7FN2O/c1-20-10-4-5-18(20)17-7-6-16-13-15(14-22-3)8-12-21(16,2)19(17)9-11-20;6-5-3-8(1-2-9)4-7-5/h15-19H,4-14H2,1-3H3;2-3,7H,1,4H2/t15?,16?,17?,18?,19?,20-,21-;/m0./s1. The zero-order valence-corrected chi connectivity index (χ0v) is 19.9. The highest BCUT2D eigenvalue weighted by Gasteiger charge is 2.57. The number of methoxy groups -OCH3 is 1. The van der Waals surface area contributed by atoms with Crippen molar-refractivity contribution in [3.63, 3.8) is 0 Å². The monoisotopic (exact) mass is 434 g/mol. The van der Waals surface area contributed by atoms with Gasteiger partial charge in [0, 0.05) is 13.7 Å². The second kappa shape index (κ2) is 9.41. The number of aldehydes is 1. The van der Waals surface area contributed by atoms with Crippen molar-refractivity contribution in [1.29, 1.82) is 0 Å². The number of carbonyl (C=O) groups is 1. The first-order valence-corrected chi connectivity index (χ1v) is 12.7. The molecule has 5 aliphatic rings. The van der Waals surface area contributed by atoms with Crippen LogP contribution >= 0.6 is 0 Å². The van der Waals surface area contributed by atoms with Crippen LogP contribution in [0.4, 0.5) is 4.39 Å². The largest absolute Gasteiger partial charge is 0.384 e. The average Bonchev–Trinajstić information content (AvgIpc) is 3.34. The molecular weight excluding hydrogens is 391 g/mol. The van der Waals surface area contributed by atoms with Crippen LogP contribution in [0.2, 0.25) is 0 Å². The molecule has 0 aromatic heterocycles. The van der Waals surface area contributed by atoms with Crippen molar-refractivity contribution >= 4 is 6.29 Å². The fraction of sp³-hybridized carbons (Fsp3) is 0.885. The minimum absolute atomic E-state index is 0.250. The first kappa shape index (κ1) is 23.1. The third-order valence-corrected chi connectivity index (χ3v) is 10.0. The van der Waals surface area contributed by atoms with Crippen molar-refractivity contribution in [2.24, 2.45) is 40.4 Å². The Morgan fingerprint density at radius 3 is 2.71 bits per heavy atom. The molecule has 1 aliphatic heterocycles. The van der Waals surface area contributed by atoms with Gasteiger partial charge in [-0.3, -0.25) is 0 Å². The second-order valence-electron chi connectivity index (χ2n) is 11.6. The van der Waals surface area contributed by atoms with Crippen LogP contribution in [0.5, 0.6) is 0 Å². The summed E-state index contributed by atoms with van der Waals surface area (Å²) < 4.78 is 17.6. The van der Waals surface area contributed by atoms with E-state index in [0.29, 0.717) is 12.1 Å². The lowest BCUT2D eigenvalue weighted by Gasteiger charge is -2.60. The Balaban J connectivity index is 0.000000217. The molecular formula is C26H43FN2O2. The molecule has 5 rings (SSSR count). The smallest absolute Gasteiger partial charge is 0.204 e. The number of carbonyl (C=O) groups excluding carboxylic acids is 1. The Kier molecular flexibility index (Phi) is 7.00. The lowest BCUT2D eigenvalue weighted by molar-refractivity contribution is -0.115. The maximum atomic E-state index is 12.1. The molecule has 5 heteroatoms. The molecule has 4 aliphatic carbocycles. The predicted octanol–water partition coefficient (Wildman–Crippen LogP) is 5.50. The van der Waals surface area contributed by atoms with Crippen LogP contribution in [-0.2, 0) is 9.53 Å². The zero-order valence-electron chi connectivity index (χ0n) is 19.9. The van der Waals surface area contributed by atoms with Gasteiger partial charge in [-0.2, -0.15) is 4.39 Å². The molecule has 1 N–H and O–H groups in total. The van der Waals surface area contributed by atoms with Gasteiger partial charge < -0.3 is 19.7 Å². The topological polar surface area (TPSA) is 41.6 Å². The summed E-state index contributed by atoms with van der Waals surface area (Å²) in [6, 6.07) is 0. The summed E-state index contributed by atoms with van der Waals surface area (Å²) >= 11 is 0. The number of nitrogens with one attached hydrogen (secondary N) is 1. The van der Waals surface area contributed by atoms with Gasteiger partial charge in [0.1, 0.15) is 6.29 Å². The SMILES string of the molecule is COCC1CC[C@@]2(C)C(CCC3C4CCC[C@@]4(C)CCC32)C1.O=CCN1C=C(F)NC1. The molecule has 4 saturated carbocycles. The number of fused-ring (bicyclic) bond motifs is 5. The Morgan fingerprint density at radius 1 is 1.16 bits per heavy atom. The number of hydrogen-bond donors (Lipinski definition) is 1. The van der Waals surface area contributed by atoms with E-state index >= 15 is 0 Å². The molecule has 176 valence electrons. The van der Waals surface area contributed by atoms with Crippen LogP contribution in [0, 0.1) is 40.4 Å². The van der Waals surface area contributed by atoms with Crippen molar-refractivity contribution in [2.45, 2.75) is 78.1 Å². The zero-order chi connectivity index (χ0) is 22.1. The third-order valence-electron chi connectivity index (χ3n) is 10.0. The third kappa shape index (κ3) is 4.54. The maximum Gasteiger partial charge on any atom is 0.204 e. The molecule has 0 bridgehead atoms. The van der Waals surface area contributed by atoms with Gasteiger partial charge in [0.2, 0.25) is 5.95 Å². The van der Waals surface area contributed by atoms with Crippen LogP contribution in [0.15, 0.2) is 12.2 Å². The van der Waals surface area contributed by atoms with E-state index < -0.39 is 0 Å². The van der Waals surface area contributed by atoms with E-state index in [4.69, 9.17) is 4.74 Å². The second-order valence-corrected chi connectivity index (χ2v) is 11.6. The maximum absolute atomic E-state index is 12.1. The highest BCUT2D eigenvalue weighted by Crippen LogP contribution is 2.66. The van der Waals surface area contributed by atoms with E-state index in [1.165, 1.54) is 51.1 Å². The van der Waals surface area contributed by atoms with Gasteiger partial charge in [-0.25, -0.2) is 0 Å². The highest BCUT2D eigenvalue weighted by molar-refractivity contribution is 5.52. The lowest BCUT2D eigenvalue weighted by Crippen LogP contribution is -2.52. The van der Waals surface area contributed by atoms with Crippen molar-refractivity contribution in [3.8, 4) is 0 Å². The van der Waals surface area contributed by atoms with E-state index in [2.05, 4.69) is 19.2 Å². The first-order chi connectivity index (χ1) is 14.9. The summed E-state index contributed by atoms with van der Waals surface area (Å²) in [5, 5.41) is 2.42. The predicted molar refractivity (Wildman–Crippen MR) is 122 cm³/mol. The molecule has 4 nitrogen and oxygen atoms in total. The number of rotatable bonds is 4. The fourth-order valence-electron chi connectivity index (χ4n) is 8.37. The highest BCUT2D eigenvalue weighted by atomic mass is 19.1. The van der Waals surface area contributed by atoms with E-state index in [0.717, 1.165) is 47.9 Å². The van der Waals surface area contributed by atoms with Crippen molar-refractivity contribution in [2.75, 3.05) is 26.9 Å². The Hall–Kier alpha value is -1.10. The fourth-order valence-corrected chi connectivity index (χ4v) is 8.37. The normalized spacial score (nSPS) is 43.5. The van der Waals surface area contributed by atoms with E-state index in [1.807, 2.05) is 7.11 Å². The Bertz CT molecular complexity index is 670. The number of nitrogens with zero attached hydrogens (tertiary/aromatic N) is 1. The number of halogens is 1. The molecule has 0 spiro atoms. The summed E-state index contributed by atoms with van der Waals surface area (Å²) in [7, 11) is 1.88. The van der Waals surface area contributed by atoms with Crippen molar-refractivity contribution in [1.82, 2.24) is 10.2 Å². The number of ether oxygens (including phenoxy) is 1. The van der Waals surface area contributed by atoms with Gasteiger partial charge in [0.05, 0.1) is 19.4 Å². The van der Waals surface area contributed by atoms with Crippen LogP contribution in [0.3, 0.4) is 0 Å². The molecule has 4 fully saturated rings. The summed E-state index contributed by atoms with van der Waals surface area (Å²) in [6.07, 6.45) is 17.1. The van der Waals surface area contributed by atoms with Crippen LogP contribution < -0.4 is 5.32 Å². The molecule has 0 aromatic rings. The van der Waals surface area contributed by atoms with E-state index in [9.17, 15) is 9.18 Å². The molecule has 0 amide bonds. The number of hydrogen-bond acceptors (Lipinski definition) is 4. The summed E-state index contributed by atoms with van der Waals surface area (Å²) in [5.41, 5.74) is 1.38. The molecule has 0 radical (unpaired) electrons. The Labute approximate surface area is 188 Å². The van der Waals surface area contributed by atoms with Gasteiger partial charge in [-0.05, 0) is 98.2 Å². The van der Waals surface area contributed by atoms with Gasteiger partial charge in [0.25, 0.3) is 0 Å². The van der Waals surface area contributed by atoms with Gasteiger partial charge in [0.15, 0.2) is 0 Å². The van der Waals surface area contributed by atoms with E-state index in [1.54, 1.807) is 24.2 Å². The molecule has 0 aromatic carbocycles. The summed E-state index contributed by atoms with van der Waals surface area (Å²) in [6.45, 7) is 6.96. The Morgan fingerprint density at radius 2 is 2.00 bits per heavy atom. The van der Waals surface area contributed by atoms with Gasteiger partial charge in [-0.1, -0.05) is 20.3 Å². The van der Waals surface area contributed by atoms with Crippen molar-refractivity contribution < 1.29 is 13.9 Å². The van der Waals surface area contributed by atoms with E-state index in [-0.39, 0.29) is 12.5 Å². The van der Waals surface area contributed by atoms with Crippen molar-refractivity contribution in [3.05, 3.63) is 12.2 Å². The van der Waals surface area contributed by atoms with Crippen LogP contribution in [-0.4, -0.2) is 38.1 Å². The summed E-state index contributed by atoms with van der Waals surface area (Å²) in [4.78, 5) is 11.4. The lowest BCUT2D eigenvalue weighted by atomic mass is 9.45. The van der Waals surface area contributed by atoms with Gasteiger partial charge >= 0.3 is 0 Å². The average molecular weight is 435 g/mol. The quantitative estimate of drug-likeness (QED) is 0.469. The van der Waals surface area contributed by atoms with Crippen LogP contribution in [0.25, 0.3) is 0 Å². The molecule has 5 unspecified atom stereocenters. The van der Waals surface area contributed by atoms with Crippen LogP contribution in [0.1, 0.15) is 78.1 Å². The molecule has 1 heterocycles. The van der Waals surface area contributed by atoms with Gasteiger partial charge in [-0.15, -0.1) is 0 Å². The minimum atomic E-state index is -0.378. The summed E-state index contributed by atoms with van der Waals surface area (Å²) in [5.74, 6) is 4.65. The molecule has 7 atom stereocenters. The molecule has 0 saturated heterocycles. The first-order valence-electron chi connectivity index (χ1n) is 12.7.